The second kappa shape index (κ2) is 5.91. The molecule has 5 heteroatoms. The molecule has 1 heterocycles. The number of hydrogen-bond donors (Lipinski definition) is 2. The summed E-state index contributed by atoms with van der Waals surface area (Å²) >= 11 is 5.81. The fraction of sp³-hybridized carbons (Fsp3) is 0.214. The fourth-order valence-electron chi connectivity index (χ4n) is 1.65. The number of carbonyl (C=O) groups is 1. The maximum absolute atomic E-state index is 11.8. The fourth-order valence-corrected chi connectivity index (χ4v) is 1.84. The van der Waals surface area contributed by atoms with Gasteiger partial charge in [-0.25, -0.2) is 0 Å². The van der Waals surface area contributed by atoms with Crippen LogP contribution in [0.2, 0.25) is 5.02 Å². The van der Waals surface area contributed by atoms with E-state index in [0.717, 1.165) is 5.76 Å². The van der Waals surface area contributed by atoms with Crippen LogP contribution in [-0.2, 0) is 0 Å². The van der Waals surface area contributed by atoms with Crippen LogP contribution in [0.1, 0.15) is 28.0 Å². The van der Waals surface area contributed by atoms with Crippen molar-refractivity contribution in [2.75, 3.05) is 6.54 Å². The van der Waals surface area contributed by atoms with Gasteiger partial charge in [-0.2, -0.15) is 0 Å². The number of amides is 1. The molecular formula is C14H14ClNO3. The van der Waals surface area contributed by atoms with Gasteiger partial charge in [0.25, 0.3) is 5.91 Å². The second-order valence-corrected chi connectivity index (χ2v) is 4.62. The van der Waals surface area contributed by atoms with Gasteiger partial charge >= 0.3 is 0 Å². The lowest BCUT2D eigenvalue weighted by molar-refractivity contribution is 0.0900. The zero-order chi connectivity index (χ0) is 13.8. The summed E-state index contributed by atoms with van der Waals surface area (Å²) in [6.07, 6.45) is -0.864. The van der Waals surface area contributed by atoms with Gasteiger partial charge in [0.1, 0.15) is 17.6 Å². The molecule has 1 atom stereocenters. The Morgan fingerprint density at radius 2 is 2.21 bits per heavy atom. The lowest BCUT2D eigenvalue weighted by Gasteiger charge is -2.09. The Kier molecular flexibility index (Phi) is 4.24. The number of aliphatic hydroxyl groups is 1. The summed E-state index contributed by atoms with van der Waals surface area (Å²) in [5, 5.41) is 13.0. The standard InChI is InChI=1S/C14H14ClNO3/c1-9-5-6-13(19-9)12(17)8-16-14(18)10-3-2-4-11(15)7-10/h2-7,12,17H,8H2,1H3,(H,16,18)/t12-/m0/s1. The molecule has 0 fully saturated rings. The summed E-state index contributed by atoms with van der Waals surface area (Å²) in [5.74, 6) is 0.865. The van der Waals surface area contributed by atoms with E-state index in [-0.39, 0.29) is 12.5 Å². The Balaban J connectivity index is 1.93. The number of hydrogen-bond acceptors (Lipinski definition) is 3. The maximum Gasteiger partial charge on any atom is 0.251 e. The Hall–Kier alpha value is -1.78. The largest absolute Gasteiger partial charge is 0.464 e. The van der Waals surface area contributed by atoms with Crippen molar-refractivity contribution in [2.45, 2.75) is 13.0 Å². The Labute approximate surface area is 116 Å². The van der Waals surface area contributed by atoms with E-state index in [9.17, 15) is 9.90 Å². The first-order valence-corrected chi connectivity index (χ1v) is 6.22. The Bertz CT molecular complexity index is 580. The van der Waals surface area contributed by atoms with Crippen molar-refractivity contribution in [1.29, 1.82) is 0 Å². The molecule has 0 unspecified atom stereocenters. The zero-order valence-electron chi connectivity index (χ0n) is 10.4. The van der Waals surface area contributed by atoms with Gasteiger partial charge in [0, 0.05) is 10.6 Å². The van der Waals surface area contributed by atoms with Crippen LogP contribution in [0.5, 0.6) is 0 Å². The van der Waals surface area contributed by atoms with Crippen LogP contribution in [0.4, 0.5) is 0 Å². The van der Waals surface area contributed by atoms with Crippen LogP contribution < -0.4 is 5.32 Å². The number of rotatable bonds is 4. The number of nitrogens with one attached hydrogen (secondary N) is 1. The van der Waals surface area contributed by atoms with E-state index in [2.05, 4.69) is 5.32 Å². The van der Waals surface area contributed by atoms with Crippen LogP contribution in [0, 0.1) is 6.92 Å². The minimum Gasteiger partial charge on any atom is -0.464 e. The van der Waals surface area contributed by atoms with Crippen LogP contribution in [0.25, 0.3) is 0 Å². The summed E-state index contributed by atoms with van der Waals surface area (Å²) < 4.78 is 5.28. The lowest BCUT2D eigenvalue weighted by Crippen LogP contribution is -2.28. The van der Waals surface area contributed by atoms with E-state index in [1.165, 1.54) is 0 Å². The van der Waals surface area contributed by atoms with Gasteiger partial charge in [-0.15, -0.1) is 0 Å². The summed E-state index contributed by atoms with van der Waals surface area (Å²) in [4.78, 5) is 11.8. The molecule has 1 aromatic heterocycles. The molecule has 100 valence electrons. The third kappa shape index (κ3) is 3.59. The summed E-state index contributed by atoms with van der Waals surface area (Å²) in [7, 11) is 0. The highest BCUT2D eigenvalue weighted by Crippen LogP contribution is 2.15. The van der Waals surface area contributed by atoms with Crippen molar-refractivity contribution >= 4 is 17.5 Å². The average molecular weight is 280 g/mol. The molecule has 1 aromatic carbocycles. The molecule has 19 heavy (non-hydrogen) atoms. The van der Waals surface area contributed by atoms with Crippen molar-refractivity contribution < 1.29 is 14.3 Å². The molecule has 2 rings (SSSR count). The molecule has 0 bridgehead atoms. The third-order valence-electron chi connectivity index (χ3n) is 2.63. The quantitative estimate of drug-likeness (QED) is 0.904. The molecule has 0 spiro atoms. The molecule has 0 aliphatic carbocycles. The summed E-state index contributed by atoms with van der Waals surface area (Å²) in [6, 6.07) is 10.1. The number of halogens is 1. The molecule has 0 radical (unpaired) electrons. The van der Waals surface area contributed by atoms with E-state index in [0.29, 0.717) is 16.3 Å². The lowest BCUT2D eigenvalue weighted by atomic mass is 10.2. The highest BCUT2D eigenvalue weighted by Gasteiger charge is 2.13. The van der Waals surface area contributed by atoms with Gasteiger partial charge in [0.05, 0.1) is 6.54 Å². The topological polar surface area (TPSA) is 62.5 Å². The highest BCUT2D eigenvalue weighted by molar-refractivity contribution is 6.30. The normalized spacial score (nSPS) is 12.2. The predicted molar refractivity (Wildman–Crippen MR) is 72.2 cm³/mol. The molecule has 0 aliphatic heterocycles. The number of aliphatic hydroxyl groups excluding tert-OH is 1. The molecule has 0 saturated heterocycles. The minimum atomic E-state index is -0.864. The third-order valence-corrected chi connectivity index (χ3v) is 2.87. The van der Waals surface area contributed by atoms with Crippen molar-refractivity contribution in [2.24, 2.45) is 0 Å². The van der Waals surface area contributed by atoms with Gasteiger partial charge in [0.2, 0.25) is 0 Å². The van der Waals surface area contributed by atoms with E-state index in [1.807, 2.05) is 0 Å². The van der Waals surface area contributed by atoms with Crippen LogP contribution in [0.15, 0.2) is 40.8 Å². The molecule has 4 nitrogen and oxygen atoms in total. The number of aryl methyl sites for hydroxylation is 1. The predicted octanol–water partition coefficient (Wildman–Crippen LogP) is 2.70. The molecule has 2 aromatic rings. The molecular weight excluding hydrogens is 266 g/mol. The number of carbonyl (C=O) groups excluding carboxylic acids is 1. The average Bonchev–Trinajstić information content (AvgIpc) is 2.82. The van der Waals surface area contributed by atoms with E-state index < -0.39 is 6.10 Å². The SMILES string of the molecule is Cc1ccc([C@@H](O)CNC(=O)c2cccc(Cl)c2)o1. The molecule has 0 aliphatic rings. The monoisotopic (exact) mass is 279 g/mol. The Morgan fingerprint density at radius 1 is 1.42 bits per heavy atom. The van der Waals surface area contributed by atoms with E-state index in [1.54, 1.807) is 43.3 Å². The van der Waals surface area contributed by atoms with Crippen molar-refractivity contribution in [3.8, 4) is 0 Å². The first-order chi connectivity index (χ1) is 9.06. The second-order valence-electron chi connectivity index (χ2n) is 4.18. The van der Waals surface area contributed by atoms with E-state index >= 15 is 0 Å². The molecule has 2 N–H and O–H groups in total. The molecule has 0 saturated carbocycles. The smallest absolute Gasteiger partial charge is 0.251 e. The first kappa shape index (κ1) is 13.6. The maximum atomic E-state index is 11.8. The highest BCUT2D eigenvalue weighted by atomic mass is 35.5. The molecule has 1 amide bonds. The number of furan rings is 1. The van der Waals surface area contributed by atoms with Gasteiger partial charge in [0.15, 0.2) is 0 Å². The first-order valence-electron chi connectivity index (χ1n) is 5.84. The van der Waals surface area contributed by atoms with Crippen LogP contribution in [0.3, 0.4) is 0 Å². The van der Waals surface area contributed by atoms with Crippen molar-refractivity contribution in [1.82, 2.24) is 5.32 Å². The number of benzene rings is 1. The van der Waals surface area contributed by atoms with Gasteiger partial charge in [-0.1, -0.05) is 17.7 Å². The van der Waals surface area contributed by atoms with Crippen LogP contribution >= 0.6 is 11.6 Å². The van der Waals surface area contributed by atoms with E-state index in [4.69, 9.17) is 16.0 Å². The van der Waals surface area contributed by atoms with Crippen molar-refractivity contribution in [3.63, 3.8) is 0 Å². The zero-order valence-corrected chi connectivity index (χ0v) is 11.1. The minimum absolute atomic E-state index is 0.0816. The summed E-state index contributed by atoms with van der Waals surface area (Å²) in [6.45, 7) is 1.87. The Morgan fingerprint density at radius 3 is 2.84 bits per heavy atom. The van der Waals surface area contributed by atoms with Gasteiger partial charge in [-0.05, 0) is 37.3 Å². The van der Waals surface area contributed by atoms with Gasteiger partial charge < -0.3 is 14.8 Å². The van der Waals surface area contributed by atoms with Gasteiger partial charge in [-0.3, -0.25) is 4.79 Å². The summed E-state index contributed by atoms with van der Waals surface area (Å²) in [5.41, 5.74) is 0.454. The van der Waals surface area contributed by atoms with Crippen LogP contribution in [-0.4, -0.2) is 17.6 Å². The van der Waals surface area contributed by atoms with Crippen molar-refractivity contribution in [3.05, 3.63) is 58.5 Å².